The SMILES string of the molecule is CC1(Cn2c(O)c(C(=O)NC3CC3)c(=O)n3ncc(/C=C/C(=O)N4C[C@@H]5C[C@H]4CO5)c23)CC1. The maximum Gasteiger partial charge on any atom is 0.291 e. The Bertz CT molecular complexity index is 1250. The van der Waals surface area contributed by atoms with Crippen LogP contribution in [0.1, 0.15) is 54.9 Å². The summed E-state index contributed by atoms with van der Waals surface area (Å²) in [5.74, 6) is -1.04. The molecule has 0 aromatic carbocycles. The van der Waals surface area contributed by atoms with Gasteiger partial charge in [0.05, 0.1) is 24.9 Å². The van der Waals surface area contributed by atoms with E-state index in [1.807, 2.05) is 4.90 Å². The predicted octanol–water partition coefficient (Wildman–Crippen LogP) is 0.907. The number of carbonyl (C=O) groups is 2. The van der Waals surface area contributed by atoms with Crippen LogP contribution in [0.2, 0.25) is 0 Å². The Morgan fingerprint density at radius 2 is 2.15 bits per heavy atom. The Morgan fingerprint density at radius 3 is 2.79 bits per heavy atom. The molecule has 0 unspecified atom stereocenters. The van der Waals surface area contributed by atoms with Crippen molar-refractivity contribution in [2.75, 3.05) is 13.2 Å². The topological polar surface area (TPSA) is 118 Å². The van der Waals surface area contributed by atoms with E-state index in [-0.39, 0.29) is 41.0 Å². The lowest BCUT2D eigenvalue weighted by molar-refractivity contribution is -0.130. The van der Waals surface area contributed by atoms with Crippen LogP contribution in [0.3, 0.4) is 0 Å². The number of morpholine rings is 1. The molecule has 33 heavy (non-hydrogen) atoms. The molecule has 4 fully saturated rings. The summed E-state index contributed by atoms with van der Waals surface area (Å²) in [5.41, 5.74) is -0.0643. The van der Waals surface area contributed by atoms with Crippen LogP contribution in [0.4, 0.5) is 0 Å². The Labute approximate surface area is 189 Å². The maximum absolute atomic E-state index is 13.1. The van der Waals surface area contributed by atoms with E-state index in [4.69, 9.17) is 4.74 Å². The summed E-state index contributed by atoms with van der Waals surface area (Å²) in [4.78, 5) is 40.4. The second-order valence-corrected chi connectivity index (χ2v) is 10.2. The molecule has 6 rings (SSSR count). The number of ether oxygens (including phenoxy) is 1. The zero-order valence-corrected chi connectivity index (χ0v) is 18.5. The second-order valence-electron chi connectivity index (χ2n) is 10.2. The lowest BCUT2D eigenvalue weighted by atomic mass is 10.1. The monoisotopic (exact) mass is 453 g/mol. The summed E-state index contributed by atoms with van der Waals surface area (Å²) in [7, 11) is 0. The van der Waals surface area contributed by atoms with Crippen LogP contribution in [0.25, 0.3) is 11.7 Å². The van der Waals surface area contributed by atoms with Crippen molar-refractivity contribution in [1.29, 1.82) is 0 Å². The van der Waals surface area contributed by atoms with E-state index in [1.165, 1.54) is 12.3 Å². The van der Waals surface area contributed by atoms with Gasteiger partial charge in [-0.2, -0.15) is 9.61 Å². The summed E-state index contributed by atoms with van der Waals surface area (Å²) in [6.07, 6.45) is 9.32. The van der Waals surface area contributed by atoms with Crippen LogP contribution < -0.4 is 10.9 Å². The highest BCUT2D eigenvalue weighted by Gasteiger charge is 2.41. The largest absolute Gasteiger partial charge is 0.494 e. The third-order valence-corrected chi connectivity index (χ3v) is 7.28. The number of likely N-dealkylation sites (tertiary alicyclic amines) is 1. The number of hydrogen-bond acceptors (Lipinski definition) is 6. The van der Waals surface area contributed by atoms with Crippen molar-refractivity contribution in [1.82, 2.24) is 24.4 Å². The standard InChI is InChI=1S/C23H27N5O5/c1-23(6-7-23)12-27-20-13(2-5-17(29)26-10-16-8-15(26)11-33-16)9-24-28(20)22(32)18(21(27)31)19(30)25-14-3-4-14/h2,5,9,14-16,31H,3-4,6-8,10-12H2,1H3,(H,25,30)/b5-2+/t15-,16-/m0/s1. The van der Waals surface area contributed by atoms with Crippen molar-refractivity contribution in [2.24, 2.45) is 5.41 Å². The quantitative estimate of drug-likeness (QED) is 0.628. The van der Waals surface area contributed by atoms with Gasteiger partial charge in [-0.05, 0) is 43.6 Å². The number of nitrogens with zero attached hydrogens (tertiary/aromatic N) is 4. The predicted molar refractivity (Wildman–Crippen MR) is 118 cm³/mol. The minimum Gasteiger partial charge on any atom is -0.494 e. The Morgan fingerprint density at radius 1 is 1.36 bits per heavy atom. The first-order valence-electron chi connectivity index (χ1n) is 11.6. The Balaban J connectivity index is 1.39. The number of aromatic hydroxyl groups is 1. The highest BCUT2D eigenvalue weighted by atomic mass is 16.5. The fourth-order valence-electron chi connectivity index (χ4n) is 4.84. The van der Waals surface area contributed by atoms with Gasteiger partial charge >= 0.3 is 0 Å². The maximum atomic E-state index is 13.1. The van der Waals surface area contributed by atoms with Crippen LogP contribution in [0.5, 0.6) is 5.88 Å². The number of fused-ring (bicyclic) bond motifs is 3. The first kappa shape index (κ1) is 20.5. The molecular weight excluding hydrogens is 426 g/mol. The van der Waals surface area contributed by atoms with Gasteiger partial charge in [-0.25, -0.2) is 0 Å². The van der Waals surface area contributed by atoms with E-state index in [2.05, 4.69) is 17.3 Å². The molecule has 2 aliphatic heterocycles. The summed E-state index contributed by atoms with van der Waals surface area (Å²) in [6, 6.07) is 0.162. The third kappa shape index (κ3) is 3.52. The molecule has 2 aromatic rings. The molecule has 10 heteroatoms. The lowest BCUT2D eigenvalue weighted by Crippen LogP contribution is -2.40. The van der Waals surface area contributed by atoms with Gasteiger partial charge in [-0.15, -0.1) is 0 Å². The van der Waals surface area contributed by atoms with Crippen molar-refractivity contribution >= 4 is 23.5 Å². The number of hydrogen-bond donors (Lipinski definition) is 2. The van der Waals surface area contributed by atoms with E-state index in [0.29, 0.717) is 30.9 Å². The molecule has 4 aliphatic rings. The summed E-state index contributed by atoms with van der Waals surface area (Å²) in [6.45, 7) is 3.70. The molecule has 0 radical (unpaired) electrons. The van der Waals surface area contributed by atoms with E-state index in [9.17, 15) is 19.5 Å². The van der Waals surface area contributed by atoms with Crippen molar-refractivity contribution in [3.63, 3.8) is 0 Å². The molecule has 4 heterocycles. The zero-order chi connectivity index (χ0) is 22.9. The molecule has 2 saturated heterocycles. The number of rotatable bonds is 6. The average molecular weight is 453 g/mol. The minimum absolute atomic E-state index is 0.0207. The number of amides is 2. The average Bonchev–Trinajstić information content (AvgIpc) is 3.57. The molecule has 2 aliphatic carbocycles. The van der Waals surface area contributed by atoms with Crippen LogP contribution >= 0.6 is 0 Å². The first-order chi connectivity index (χ1) is 15.8. The van der Waals surface area contributed by atoms with Crippen LogP contribution in [-0.4, -0.2) is 67.3 Å². The smallest absolute Gasteiger partial charge is 0.291 e. The molecule has 2 N–H and O–H groups in total. The molecule has 174 valence electrons. The van der Waals surface area contributed by atoms with Crippen molar-refractivity contribution < 1.29 is 19.4 Å². The molecule has 2 saturated carbocycles. The molecule has 10 nitrogen and oxygen atoms in total. The molecule has 2 aromatic heterocycles. The van der Waals surface area contributed by atoms with Crippen LogP contribution in [0, 0.1) is 5.41 Å². The molecule has 0 spiro atoms. The Hall–Kier alpha value is -3.14. The van der Waals surface area contributed by atoms with Gasteiger partial charge in [0.25, 0.3) is 11.5 Å². The van der Waals surface area contributed by atoms with Crippen LogP contribution in [-0.2, 0) is 16.1 Å². The zero-order valence-electron chi connectivity index (χ0n) is 18.5. The molecular formula is C23H27N5O5. The molecule has 2 atom stereocenters. The Kier molecular flexibility index (Phi) is 4.45. The van der Waals surface area contributed by atoms with Crippen molar-refractivity contribution in [2.45, 2.75) is 63.8 Å². The molecule has 2 amide bonds. The van der Waals surface area contributed by atoms with E-state index in [0.717, 1.165) is 36.6 Å². The second kappa shape index (κ2) is 7.18. The van der Waals surface area contributed by atoms with E-state index >= 15 is 0 Å². The van der Waals surface area contributed by atoms with Gasteiger partial charge < -0.3 is 20.1 Å². The molecule has 2 bridgehead atoms. The van der Waals surface area contributed by atoms with E-state index < -0.39 is 11.5 Å². The van der Waals surface area contributed by atoms with Gasteiger partial charge in [0, 0.05) is 30.8 Å². The third-order valence-electron chi connectivity index (χ3n) is 7.28. The number of carbonyl (C=O) groups excluding carboxylic acids is 2. The van der Waals surface area contributed by atoms with Crippen molar-refractivity contribution in [3.05, 3.63) is 33.8 Å². The highest BCUT2D eigenvalue weighted by molar-refractivity contribution is 5.97. The van der Waals surface area contributed by atoms with Crippen LogP contribution in [0.15, 0.2) is 17.1 Å². The normalized spacial score (nSPS) is 25.3. The van der Waals surface area contributed by atoms with E-state index in [1.54, 1.807) is 10.6 Å². The highest BCUT2D eigenvalue weighted by Crippen LogP contribution is 2.47. The van der Waals surface area contributed by atoms with Gasteiger partial charge in [0.2, 0.25) is 11.8 Å². The van der Waals surface area contributed by atoms with Gasteiger partial charge in [-0.3, -0.25) is 19.0 Å². The number of nitrogens with one attached hydrogen (secondary N) is 1. The lowest BCUT2D eigenvalue weighted by Gasteiger charge is -2.25. The fourth-order valence-corrected chi connectivity index (χ4v) is 4.84. The summed E-state index contributed by atoms with van der Waals surface area (Å²) >= 11 is 0. The minimum atomic E-state index is -0.669. The van der Waals surface area contributed by atoms with Crippen molar-refractivity contribution in [3.8, 4) is 5.88 Å². The van der Waals surface area contributed by atoms with Gasteiger partial charge in [-0.1, -0.05) is 6.92 Å². The first-order valence-corrected chi connectivity index (χ1v) is 11.6. The number of aromatic nitrogens is 3. The summed E-state index contributed by atoms with van der Waals surface area (Å²) in [5, 5.41) is 18.1. The van der Waals surface area contributed by atoms with Gasteiger partial charge in [0.1, 0.15) is 5.65 Å². The summed E-state index contributed by atoms with van der Waals surface area (Å²) < 4.78 is 8.32. The van der Waals surface area contributed by atoms with Gasteiger partial charge in [0.15, 0.2) is 5.56 Å². The fraction of sp³-hybridized carbons (Fsp3) is 0.565.